The smallest absolute Gasteiger partial charge is 0.161 e. The molecule has 0 bridgehead atoms. The van der Waals surface area contributed by atoms with E-state index in [9.17, 15) is 10.2 Å². The minimum absolute atomic E-state index is 0.0794. The summed E-state index contributed by atoms with van der Waals surface area (Å²) in [5, 5.41) is 22.8. The lowest BCUT2D eigenvalue weighted by molar-refractivity contribution is 0.177. The first-order valence-corrected chi connectivity index (χ1v) is 8.51. The summed E-state index contributed by atoms with van der Waals surface area (Å²) in [7, 11) is 6.51. The van der Waals surface area contributed by atoms with Gasteiger partial charge in [-0.05, 0) is 35.2 Å². The van der Waals surface area contributed by atoms with E-state index in [1.165, 1.54) is 7.11 Å². The highest BCUT2D eigenvalue weighted by molar-refractivity contribution is 6.05. The number of anilines is 1. The second kappa shape index (κ2) is 6.25. The Labute approximate surface area is 157 Å². The number of hydrogen-bond donors (Lipinski definition) is 2. The zero-order valence-corrected chi connectivity index (χ0v) is 15.6. The van der Waals surface area contributed by atoms with E-state index in [1.807, 2.05) is 30.1 Å². The van der Waals surface area contributed by atoms with Gasteiger partial charge in [-0.25, -0.2) is 0 Å². The maximum atomic E-state index is 10.9. The second-order valence-electron chi connectivity index (χ2n) is 6.49. The number of phenols is 1. The zero-order valence-electron chi connectivity index (χ0n) is 15.6. The van der Waals surface area contributed by atoms with Crippen LogP contribution >= 0.6 is 0 Å². The topological polar surface area (TPSA) is 71.4 Å². The van der Waals surface area contributed by atoms with E-state index in [1.54, 1.807) is 32.4 Å². The molecule has 3 aromatic rings. The normalized spacial score (nSPS) is 15.3. The molecule has 0 aliphatic carbocycles. The lowest BCUT2D eigenvalue weighted by Crippen LogP contribution is -2.28. The van der Waals surface area contributed by atoms with Crippen LogP contribution in [0.5, 0.6) is 23.0 Å². The highest BCUT2D eigenvalue weighted by atomic mass is 16.5. The molecular formula is C21H21NO5. The molecule has 1 atom stereocenters. The molecule has 6 nitrogen and oxygen atoms in total. The Hall–Kier alpha value is -3.12. The average molecular weight is 367 g/mol. The predicted molar refractivity (Wildman–Crippen MR) is 104 cm³/mol. The molecule has 27 heavy (non-hydrogen) atoms. The molecule has 140 valence electrons. The van der Waals surface area contributed by atoms with Crippen molar-refractivity contribution in [2.75, 3.05) is 33.3 Å². The number of nitrogens with zero attached hydrogens (tertiary/aromatic N) is 1. The molecule has 2 N–H and O–H groups in total. The van der Waals surface area contributed by atoms with Gasteiger partial charge in [-0.15, -0.1) is 0 Å². The van der Waals surface area contributed by atoms with Crippen molar-refractivity contribution in [3.63, 3.8) is 0 Å². The summed E-state index contributed by atoms with van der Waals surface area (Å²) >= 11 is 0. The van der Waals surface area contributed by atoms with Crippen molar-refractivity contribution in [1.82, 2.24) is 0 Å². The first-order chi connectivity index (χ1) is 13.0. The SMILES string of the molecule is COc1cc2c3c(ccc2cc1O)-c1cc(OC)c(OC)cc1[C@@H](O)N3C. The molecule has 0 aromatic heterocycles. The van der Waals surface area contributed by atoms with E-state index in [0.717, 1.165) is 33.2 Å². The fourth-order valence-corrected chi connectivity index (χ4v) is 3.76. The number of aliphatic hydroxyl groups is 1. The summed E-state index contributed by atoms with van der Waals surface area (Å²) in [5.74, 6) is 1.63. The first kappa shape index (κ1) is 17.3. The molecule has 0 amide bonds. The molecule has 3 aromatic carbocycles. The Kier molecular flexibility index (Phi) is 4.00. The summed E-state index contributed by atoms with van der Waals surface area (Å²) in [6, 6.07) is 11.1. The van der Waals surface area contributed by atoms with E-state index in [0.29, 0.717) is 17.2 Å². The predicted octanol–water partition coefficient (Wildman–Crippen LogP) is 3.68. The average Bonchev–Trinajstić information content (AvgIpc) is 2.69. The second-order valence-corrected chi connectivity index (χ2v) is 6.49. The van der Waals surface area contributed by atoms with Crippen LogP contribution in [0, 0.1) is 0 Å². The van der Waals surface area contributed by atoms with E-state index >= 15 is 0 Å². The van der Waals surface area contributed by atoms with Crippen molar-refractivity contribution in [3.05, 3.63) is 42.0 Å². The quantitative estimate of drug-likeness (QED) is 0.736. The van der Waals surface area contributed by atoms with Crippen molar-refractivity contribution in [1.29, 1.82) is 0 Å². The van der Waals surface area contributed by atoms with Gasteiger partial charge >= 0.3 is 0 Å². The third-order valence-electron chi connectivity index (χ3n) is 5.13. The van der Waals surface area contributed by atoms with Crippen molar-refractivity contribution in [3.8, 4) is 34.1 Å². The third-order valence-corrected chi connectivity index (χ3v) is 5.13. The number of rotatable bonds is 3. The number of hydrogen-bond acceptors (Lipinski definition) is 6. The van der Waals surface area contributed by atoms with Gasteiger partial charge in [0.25, 0.3) is 0 Å². The number of aliphatic hydroxyl groups excluding tert-OH is 1. The number of aromatic hydroxyl groups is 1. The highest BCUT2D eigenvalue weighted by Crippen LogP contribution is 2.50. The Morgan fingerprint density at radius 3 is 2.19 bits per heavy atom. The lowest BCUT2D eigenvalue weighted by atomic mass is 9.89. The molecule has 6 heteroatoms. The number of fused-ring (bicyclic) bond motifs is 5. The summed E-state index contributed by atoms with van der Waals surface area (Å²) < 4.78 is 16.1. The van der Waals surface area contributed by atoms with E-state index in [2.05, 4.69) is 0 Å². The number of benzene rings is 3. The van der Waals surface area contributed by atoms with Crippen LogP contribution in [-0.2, 0) is 0 Å². The Balaban J connectivity index is 2.06. The summed E-state index contributed by atoms with van der Waals surface area (Å²) in [6.45, 7) is 0. The van der Waals surface area contributed by atoms with Crippen molar-refractivity contribution in [2.45, 2.75) is 6.23 Å². The van der Waals surface area contributed by atoms with Gasteiger partial charge < -0.3 is 29.3 Å². The molecular weight excluding hydrogens is 346 g/mol. The molecule has 0 spiro atoms. The van der Waals surface area contributed by atoms with Crippen LogP contribution in [0.3, 0.4) is 0 Å². The number of phenolic OH excluding ortho intramolecular Hbond substituents is 1. The minimum Gasteiger partial charge on any atom is -0.504 e. The zero-order chi connectivity index (χ0) is 19.3. The van der Waals surface area contributed by atoms with Crippen LogP contribution in [0.25, 0.3) is 21.9 Å². The fraction of sp³-hybridized carbons (Fsp3) is 0.238. The van der Waals surface area contributed by atoms with Crippen LogP contribution in [0.4, 0.5) is 5.69 Å². The Bertz CT molecular complexity index is 1050. The molecule has 0 unspecified atom stereocenters. The molecule has 0 radical (unpaired) electrons. The Morgan fingerprint density at radius 1 is 0.852 bits per heavy atom. The maximum absolute atomic E-state index is 10.9. The molecule has 4 rings (SSSR count). The summed E-state index contributed by atoms with van der Waals surface area (Å²) in [5.41, 5.74) is 3.44. The number of ether oxygens (including phenoxy) is 3. The van der Waals surface area contributed by atoms with Gasteiger partial charge in [-0.1, -0.05) is 12.1 Å². The van der Waals surface area contributed by atoms with Gasteiger partial charge in [0.1, 0.15) is 0 Å². The van der Waals surface area contributed by atoms with E-state index in [4.69, 9.17) is 14.2 Å². The van der Waals surface area contributed by atoms with Gasteiger partial charge in [-0.2, -0.15) is 0 Å². The third kappa shape index (κ3) is 2.44. The summed E-state index contributed by atoms with van der Waals surface area (Å²) in [4.78, 5) is 1.81. The van der Waals surface area contributed by atoms with Gasteiger partial charge in [0.05, 0.1) is 27.0 Å². The molecule has 1 aliphatic heterocycles. The molecule has 0 saturated heterocycles. The maximum Gasteiger partial charge on any atom is 0.161 e. The van der Waals surface area contributed by atoms with Gasteiger partial charge in [-0.3, -0.25) is 0 Å². The van der Waals surface area contributed by atoms with Crippen LogP contribution < -0.4 is 19.1 Å². The lowest BCUT2D eigenvalue weighted by Gasteiger charge is -2.36. The molecule has 1 heterocycles. The fourth-order valence-electron chi connectivity index (χ4n) is 3.76. The molecule has 1 aliphatic rings. The number of methoxy groups -OCH3 is 3. The van der Waals surface area contributed by atoms with Crippen molar-refractivity contribution < 1.29 is 24.4 Å². The van der Waals surface area contributed by atoms with E-state index in [-0.39, 0.29) is 5.75 Å². The standard InChI is InChI=1S/C21H21NO5/c1-22-20-12(6-5-11-7-16(23)17(25-2)8-13(11)20)14-9-18(26-3)19(27-4)10-15(14)21(22)24/h5-10,21,23-24H,1-4H3/t21-/m1/s1. The van der Waals surface area contributed by atoms with Crippen molar-refractivity contribution in [2.24, 2.45) is 0 Å². The highest BCUT2D eigenvalue weighted by Gasteiger charge is 2.30. The molecule has 0 fully saturated rings. The summed E-state index contributed by atoms with van der Waals surface area (Å²) in [6.07, 6.45) is -0.849. The van der Waals surface area contributed by atoms with Gasteiger partial charge in [0, 0.05) is 23.6 Å². The van der Waals surface area contributed by atoms with E-state index < -0.39 is 6.23 Å². The van der Waals surface area contributed by atoms with Gasteiger partial charge in [0.2, 0.25) is 0 Å². The minimum atomic E-state index is -0.849. The van der Waals surface area contributed by atoms with Crippen LogP contribution in [0.2, 0.25) is 0 Å². The largest absolute Gasteiger partial charge is 0.504 e. The van der Waals surface area contributed by atoms with Crippen molar-refractivity contribution >= 4 is 16.5 Å². The van der Waals surface area contributed by atoms with Gasteiger partial charge in [0.15, 0.2) is 29.2 Å². The first-order valence-electron chi connectivity index (χ1n) is 8.51. The monoisotopic (exact) mass is 367 g/mol. The van der Waals surface area contributed by atoms with Crippen LogP contribution in [-0.4, -0.2) is 38.6 Å². The van der Waals surface area contributed by atoms with Crippen LogP contribution in [0.15, 0.2) is 36.4 Å². The molecule has 0 saturated carbocycles. The Morgan fingerprint density at radius 2 is 1.52 bits per heavy atom. The van der Waals surface area contributed by atoms with Crippen LogP contribution in [0.1, 0.15) is 11.8 Å².